The molecule has 2 aliphatic rings. The minimum atomic E-state index is 0.330. The van der Waals surface area contributed by atoms with E-state index in [0.29, 0.717) is 13.3 Å². The molecular weight excluding hydrogens is 302 g/mol. The van der Waals surface area contributed by atoms with Crippen molar-refractivity contribution in [3.05, 3.63) is 48.2 Å². The predicted molar refractivity (Wildman–Crippen MR) is 95.6 cm³/mol. The average Bonchev–Trinajstić information content (AvgIpc) is 3.14. The van der Waals surface area contributed by atoms with Gasteiger partial charge < -0.3 is 20.1 Å². The van der Waals surface area contributed by atoms with Gasteiger partial charge in [-0.1, -0.05) is 18.2 Å². The maximum Gasteiger partial charge on any atom is 0.231 e. The Morgan fingerprint density at radius 2 is 1.88 bits per heavy atom. The number of hydrogen-bond donors (Lipinski definition) is 1. The second-order valence-corrected chi connectivity index (χ2v) is 5.93. The van der Waals surface area contributed by atoms with Gasteiger partial charge in [-0.2, -0.15) is 0 Å². The molecule has 0 bridgehead atoms. The molecule has 0 unspecified atom stereocenters. The summed E-state index contributed by atoms with van der Waals surface area (Å²) in [5.74, 6) is 2.83. The van der Waals surface area contributed by atoms with E-state index in [1.165, 1.54) is 32.4 Å². The summed E-state index contributed by atoms with van der Waals surface area (Å²) in [6.07, 6.45) is 6.72. The Hall–Kier alpha value is -2.27. The van der Waals surface area contributed by atoms with Crippen molar-refractivity contribution in [1.29, 1.82) is 0 Å². The molecule has 0 saturated carbocycles. The Labute approximate surface area is 143 Å². The molecule has 2 aliphatic heterocycles. The quantitative estimate of drug-likeness (QED) is 0.939. The predicted octanol–water partition coefficient (Wildman–Crippen LogP) is 2.99. The molecule has 1 fully saturated rings. The van der Waals surface area contributed by atoms with Crippen molar-refractivity contribution < 1.29 is 9.47 Å². The number of rotatable bonds is 3. The Morgan fingerprint density at radius 3 is 2.62 bits per heavy atom. The second kappa shape index (κ2) is 8.55. The lowest BCUT2D eigenvalue weighted by molar-refractivity contribution is 0.173. The van der Waals surface area contributed by atoms with Crippen LogP contribution in [0.5, 0.6) is 11.5 Å². The first-order valence-corrected chi connectivity index (χ1v) is 8.62. The fourth-order valence-electron chi connectivity index (χ4n) is 3.01. The number of ether oxygens (including phenoxy) is 2. The van der Waals surface area contributed by atoms with Crippen molar-refractivity contribution in [2.45, 2.75) is 25.7 Å². The third kappa shape index (κ3) is 4.17. The Balaban J connectivity index is 0.000000141. The van der Waals surface area contributed by atoms with Crippen LogP contribution in [0.4, 0.5) is 5.82 Å². The lowest BCUT2D eigenvalue weighted by atomic mass is 10.1. The molecule has 5 nitrogen and oxygen atoms in total. The molecule has 0 amide bonds. The molecule has 0 spiro atoms. The van der Waals surface area contributed by atoms with Crippen LogP contribution in [-0.2, 0) is 6.42 Å². The van der Waals surface area contributed by atoms with Crippen molar-refractivity contribution in [3.63, 3.8) is 0 Å². The first kappa shape index (κ1) is 16.6. The van der Waals surface area contributed by atoms with Gasteiger partial charge in [-0.3, -0.25) is 0 Å². The van der Waals surface area contributed by atoms with E-state index in [0.717, 1.165) is 29.3 Å². The molecule has 1 aromatic heterocycles. The summed E-state index contributed by atoms with van der Waals surface area (Å²) in [5.41, 5.74) is 6.59. The van der Waals surface area contributed by atoms with Crippen molar-refractivity contribution in [3.8, 4) is 11.5 Å². The van der Waals surface area contributed by atoms with Crippen molar-refractivity contribution in [2.24, 2.45) is 5.73 Å². The molecule has 128 valence electrons. The number of pyridine rings is 1. The number of aromatic nitrogens is 1. The van der Waals surface area contributed by atoms with Gasteiger partial charge in [0.05, 0.1) is 0 Å². The Kier molecular flexibility index (Phi) is 5.90. The van der Waals surface area contributed by atoms with E-state index in [9.17, 15) is 0 Å². The van der Waals surface area contributed by atoms with Crippen molar-refractivity contribution in [2.75, 3.05) is 31.3 Å². The lowest BCUT2D eigenvalue weighted by Gasteiger charge is -2.27. The first-order chi connectivity index (χ1) is 11.9. The zero-order chi connectivity index (χ0) is 16.6. The van der Waals surface area contributed by atoms with Crippen LogP contribution in [0.3, 0.4) is 0 Å². The Morgan fingerprint density at radius 1 is 1.00 bits per heavy atom. The normalized spacial score (nSPS) is 15.6. The molecule has 2 N–H and O–H groups in total. The smallest absolute Gasteiger partial charge is 0.231 e. The molecule has 3 heterocycles. The number of piperidine rings is 1. The minimum Gasteiger partial charge on any atom is -0.454 e. The maximum atomic E-state index is 5.46. The largest absolute Gasteiger partial charge is 0.454 e. The number of benzene rings is 1. The Bertz CT molecular complexity index is 628. The van der Waals surface area contributed by atoms with Crippen LogP contribution in [0.2, 0.25) is 0 Å². The number of anilines is 1. The number of hydrogen-bond acceptors (Lipinski definition) is 5. The number of para-hydroxylation sites is 1. The van der Waals surface area contributed by atoms with Gasteiger partial charge in [-0.25, -0.2) is 4.98 Å². The van der Waals surface area contributed by atoms with E-state index in [-0.39, 0.29) is 0 Å². The van der Waals surface area contributed by atoms with E-state index < -0.39 is 0 Å². The average molecular weight is 327 g/mol. The molecule has 2 aromatic rings. The molecule has 0 radical (unpaired) electrons. The SMILES string of the molecule is NCCc1cccc2c1OCO2.c1ccc(N2CCCCC2)nc1. The van der Waals surface area contributed by atoms with Gasteiger partial charge in [0.15, 0.2) is 11.5 Å². The summed E-state index contributed by atoms with van der Waals surface area (Å²) in [4.78, 5) is 6.69. The van der Waals surface area contributed by atoms with Crippen molar-refractivity contribution >= 4 is 5.82 Å². The standard InChI is InChI=1S/C10H14N2.C9H11NO2/c1-4-8-12(9-5-1)10-6-2-3-7-11-10;10-5-4-7-2-1-3-8-9(7)12-6-11-8/h2-3,6-7H,1,4-5,8-9H2;1-3H,4-6,10H2. The molecule has 24 heavy (non-hydrogen) atoms. The second-order valence-electron chi connectivity index (χ2n) is 5.93. The summed E-state index contributed by atoms with van der Waals surface area (Å²) in [6, 6.07) is 12.0. The van der Waals surface area contributed by atoms with Crippen LogP contribution in [0.15, 0.2) is 42.6 Å². The highest BCUT2D eigenvalue weighted by molar-refractivity contribution is 5.48. The molecular formula is C19H25N3O2. The fraction of sp³-hybridized carbons (Fsp3) is 0.421. The van der Waals surface area contributed by atoms with Crippen LogP contribution in [0.1, 0.15) is 24.8 Å². The van der Waals surface area contributed by atoms with E-state index in [1.54, 1.807) is 0 Å². The zero-order valence-electron chi connectivity index (χ0n) is 14.0. The summed E-state index contributed by atoms with van der Waals surface area (Å²) < 4.78 is 10.5. The molecule has 0 atom stereocenters. The molecule has 1 aromatic carbocycles. The fourth-order valence-corrected chi connectivity index (χ4v) is 3.01. The van der Waals surface area contributed by atoms with E-state index in [2.05, 4.69) is 22.0 Å². The van der Waals surface area contributed by atoms with Gasteiger partial charge in [-0.05, 0) is 56.0 Å². The molecule has 1 saturated heterocycles. The van der Waals surface area contributed by atoms with E-state index in [1.807, 2.05) is 30.5 Å². The zero-order valence-corrected chi connectivity index (χ0v) is 14.0. The van der Waals surface area contributed by atoms with Crippen LogP contribution < -0.4 is 20.1 Å². The highest BCUT2D eigenvalue weighted by Gasteiger charge is 2.16. The van der Waals surface area contributed by atoms with Gasteiger partial charge in [0.2, 0.25) is 6.79 Å². The topological polar surface area (TPSA) is 60.6 Å². The van der Waals surface area contributed by atoms with Gasteiger partial charge >= 0.3 is 0 Å². The molecule has 4 rings (SSSR count). The molecule has 0 aliphatic carbocycles. The third-order valence-electron chi connectivity index (χ3n) is 4.22. The van der Waals surface area contributed by atoms with Crippen LogP contribution in [-0.4, -0.2) is 31.4 Å². The van der Waals surface area contributed by atoms with Gasteiger partial charge in [0, 0.05) is 19.3 Å². The van der Waals surface area contributed by atoms with Crippen LogP contribution >= 0.6 is 0 Å². The highest BCUT2D eigenvalue weighted by atomic mass is 16.7. The monoisotopic (exact) mass is 327 g/mol. The number of nitrogens with two attached hydrogens (primary N) is 1. The highest BCUT2D eigenvalue weighted by Crippen LogP contribution is 2.35. The lowest BCUT2D eigenvalue weighted by Crippen LogP contribution is -2.29. The van der Waals surface area contributed by atoms with Gasteiger partial charge in [0.25, 0.3) is 0 Å². The maximum absolute atomic E-state index is 5.46. The summed E-state index contributed by atoms with van der Waals surface area (Å²) >= 11 is 0. The van der Waals surface area contributed by atoms with Crippen LogP contribution in [0.25, 0.3) is 0 Å². The summed E-state index contributed by atoms with van der Waals surface area (Å²) in [7, 11) is 0. The minimum absolute atomic E-state index is 0.330. The number of nitrogens with zero attached hydrogens (tertiary/aromatic N) is 2. The number of fused-ring (bicyclic) bond motifs is 1. The molecule has 5 heteroatoms. The van der Waals surface area contributed by atoms with E-state index in [4.69, 9.17) is 15.2 Å². The first-order valence-electron chi connectivity index (χ1n) is 8.62. The third-order valence-corrected chi connectivity index (χ3v) is 4.22. The van der Waals surface area contributed by atoms with E-state index >= 15 is 0 Å². The summed E-state index contributed by atoms with van der Waals surface area (Å²) in [6.45, 7) is 3.32. The summed E-state index contributed by atoms with van der Waals surface area (Å²) in [5, 5.41) is 0. The van der Waals surface area contributed by atoms with Crippen LogP contribution in [0, 0.1) is 0 Å². The van der Waals surface area contributed by atoms with Gasteiger partial charge in [0.1, 0.15) is 5.82 Å². The van der Waals surface area contributed by atoms with Gasteiger partial charge in [-0.15, -0.1) is 0 Å². The van der Waals surface area contributed by atoms with Crippen molar-refractivity contribution in [1.82, 2.24) is 4.98 Å².